The van der Waals surface area contributed by atoms with Crippen molar-refractivity contribution in [3.8, 4) is 5.75 Å². The Morgan fingerprint density at radius 2 is 1.93 bits per heavy atom. The number of fused-ring (bicyclic) bond motifs is 1. The van der Waals surface area contributed by atoms with Gasteiger partial charge in [0.25, 0.3) is 5.91 Å². The van der Waals surface area contributed by atoms with Gasteiger partial charge >= 0.3 is 0 Å². The predicted molar refractivity (Wildman–Crippen MR) is 122 cm³/mol. The fourth-order valence-corrected chi connectivity index (χ4v) is 3.70. The van der Waals surface area contributed by atoms with E-state index in [1.807, 2.05) is 13.8 Å². The van der Waals surface area contributed by atoms with Crippen LogP contribution in [0.3, 0.4) is 0 Å². The molecule has 0 aliphatic carbocycles. The topological polar surface area (TPSA) is 58.6 Å². The molecule has 2 aromatic carbocycles. The Morgan fingerprint density at radius 1 is 1.20 bits per heavy atom. The second-order valence-corrected chi connectivity index (χ2v) is 9.42. The van der Waals surface area contributed by atoms with Gasteiger partial charge in [-0.05, 0) is 62.6 Å². The maximum absolute atomic E-state index is 13.2. The van der Waals surface area contributed by atoms with Gasteiger partial charge in [0.15, 0.2) is 0 Å². The first-order chi connectivity index (χ1) is 14.1. The Morgan fingerprint density at radius 3 is 2.60 bits per heavy atom. The SMILES string of the molecule is CC(C)CCN1C(=O)C(C)(C)COc2ccc(NC(=O)c3ccc(Cl)cc3Cl)cc21. The number of carbonyl (C=O) groups excluding carboxylic acids is 2. The molecule has 0 saturated carbocycles. The fraction of sp³-hybridized carbons (Fsp3) is 0.391. The predicted octanol–water partition coefficient (Wildman–Crippen LogP) is 6.04. The van der Waals surface area contributed by atoms with Crippen molar-refractivity contribution >= 4 is 46.4 Å². The van der Waals surface area contributed by atoms with E-state index in [0.29, 0.717) is 46.8 Å². The zero-order chi connectivity index (χ0) is 22.1. The number of nitrogens with one attached hydrogen (secondary N) is 1. The van der Waals surface area contributed by atoms with Crippen LogP contribution in [0, 0.1) is 11.3 Å². The van der Waals surface area contributed by atoms with E-state index in [4.69, 9.17) is 27.9 Å². The largest absolute Gasteiger partial charge is 0.490 e. The molecule has 0 radical (unpaired) electrons. The van der Waals surface area contributed by atoms with Crippen LogP contribution in [0.15, 0.2) is 36.4 Å². The van der Waals surface area contributed by atoms with Gasteiger partial charge in [-0.2, -0.15) is 0 Å². The van der Waals surface area contributed by atoms with Gasteiger partial charge in [-0.25, -0.2) is 0 Å². The lowest BCUT2D eigenvalue weighted by atomic mass is 9.92. The lowest BCUT2D eigenvalue weighted by molar-refractivity contribution is -0.127. The van der Waals surface area contributed by atoms with Crippen LogP contribution in [0.25, 0.3) is 0 Å². The smallest absolute Gasteiger partial charge is 0.257 e. The first kappa shape index (κ1) is 22.4. The highest BCUT2D eigenvalue weighted by atomic mass is 35.5. The van der Waals surface area contributed by atoms with Crippen molar-refractivity contribution in [1.29, 1.82) is 0 Å². The molecule has 0 fully saturated rings. The average molecular weight is 449 g/mol. The third-order valence-electron chi connectivity index (χ3n) is 5.03. The van der Waals surface area contributed by atoms with Gasteiger partial charge < -0.3 is 15.0 Å². The minimum absolute atomic E-state index is 0.00567. The van der Waals surface area contributed by atoms with E-state index in [1.165, 1.54) is 6.07 Å². The van der Waals surface area contributed by atoms with E-state index >= 15 is 0 Å². The minimum Gasteiger partial charge on any atom is -0.490 e. The number of hydrogen-bond acceptors (Lipinski definition) is 3. The Hall–Kier alpha value is -2.24. The van der Waals surface area contributed by atoms with E-state index < -0.39 is 5.41 Å². The number of benzene rings is 2. The van der Waals surface area contributed by atoms with Gasteiger partial charge in [-0.3, -0.25) is 9.59 Å². The molecule has 2 aromatic rings. The molecule has 30 heavy (non-hydrogen) atoms. The molecule has 0 aromatic heterocycles. The monoisotopic (exact) mass is 448 g/mol. The van der Waals surface area contributed by atoms with Gasteiger partial charge in [0, 0.05) is 17.3 Å². The van der Waals surface area contributed by atoms with Crippen LogP contribution in [-0.2, 0) is 4.79 Å². The van der Waals surface area contributed by atoms with Crippen molar-refractivity contribution in [1.82, 2.24) is 0 Å². The summed E-state index contributed by atoms with van der Waals surface area (Å²) in [5.41, 5.74) is 0.888. The molecule has 2 amide bonds. The van der Waals surface area contributed by atoms with E-state index in [2.05, 4.69) is 19.2 Å². The summed E-state index contributed by atoms with van der Waals surface area (Å²) in [6.45, 7) is 8.89. The summed E-state index contributed by atoms with van der Waals surface area (Å²) in [6.07, 6.45) is 0.859. The van der Waals surface area contributed by atoms with Crippen LogP contribution in [0.1, 0.15) is 44.5 Å². The summed E-state index contributed by atoms with van der Waals surface area (Å²) in [5.74, 6) is 0.723. The zero-order valence-corrected chi connectivity index (χ0v) is 19.1. The molecule has 0 bridgehead atoms. The maximum Gasteiger partial charge on any atom is 0.257 e. The van der Waals surface area contributed by atoms with Crippen molar-refractivity contribution < 1.29 is 14.3 Å². The standard InChI is InChI=1S/C23H26Cl2N2O3/c1-14(2)9-10-27-19-12-16(6-8-20(19)30-13-23(3,4)22(27)29)26-21(28)17-7-5-15(24)11-18(17)25/h5-8,11-12,14H,9-10,13H2,1-4H3,(H,26,28). The number of carbonyl (C=O) groups is 2. The molecule has 1 heterocycles. The molecule has 5 nitrogen and oxygen atoms in total. The number of rotatable bonds is 5. The first-order valence-electron chi connectivity index (χ1n) is 9.94. The van der Waals surface area contributed by atoms with Crippen molar-refractivity contribution in [3.63, 3.8) is 0 Å². The molecule has 7 heteroatoms. The lowest BCUT2D eigenvalue weighted by Crippen LogP contribution is -2.42. The summed E-state index contributed by atoms with van der Waals surface area (Å²) in [7, 11) is 0. The number of nitrogens with zero attached hydrogens (tertiary/aromatic N) is 1. The van der Waals surface area contributed by atoms with E-state index in [1.54, 1.807) is 35.2 Å². The Kier molecular flexibility index (Phi) is 6.63. The average Bonchev–Trinajstić information content (AvgIpc) is 2.75. The normalized spacial score (nSPS) is 15.4. The third kappa shape index (κ3) is 4.90. The van der Waals surface area contributed by atoms with Crippen LogP contribution in [-0.4, -0.2) is 25.0 Å². The van der Waals surface area contributed by atoms with Crippen molar-refractivity contribution in [3.05, 3.63) is 52.0 Å². The van der Waals surface area contributed by atoms with Crippen LogP contribution >= 0.6 is 23.2 Å². The molecule has 1 N–H and O–H groups in total. The van der Waals surface area contributed by atoms with Gasteiger partial charge in [0.05, 0.1) is 21.7 Å². The van der Waals surface area contributed by atoms with E-state index in [-0.39, 0.29) is 16.8 Å². The number of hydrogen-bond donors (Lipinski definition) is 1. The fourth-order valence-electron chi connectivity index (χ4n) is 3.20. The van der Waals surface area contributed by atoms with Gasteiger partial charge in [-0.15, -0.1) is 0 Å². The molecule has 3 rings (SSSR count). The zero-order valence-electron chi connectivity index (χ0n) is 17.6. The summed E-state index contributed by atoms with van der Waals surface area (Å²) >= 11 is 12.1. The van der Waals surface area contributed by atoms with Crippen molar-refractivity contribution in [2.45, 2.75) is 34.1 Å². The maximum atomic E-state index is 13.2. The highest BCUT2D eigenvalue weighted by Gasteiger charge is 2.37. The van der Waals surface area contributed by atoms with E-state index in [0.717, 1.165) is 6.42 Å². The van der Waals surface area contributed by atoms with Crippen molar-refractivity contribution in [2.24, 2.45) is 11.3 Å². The van der Waals surface area contributed by atoms with Crippen LogP contribution in [0.4, 0.5) is 11.4 Å². The van der Waals surface area contributed by atoms with Crippen LogP contribution in [0.2, 0.25) is 10.0 Å². The number of anilines is 2. The lowest BCUT2D eigenvalue weighted by Gasteiger charge is -2.28. The molecule has 0 unspecified atom stereocenters. The molecule has 0 spiro atoms. The van der Waals surface area contributed by atoms with Gasteiger partial charge in [0.2, 0.25) is 5.91 Å². The minimum atomic E-state index is -0.643. The second-order valence-electron chi connectivity index (χ2n) is 8.57. The highest BCUT2D eigenvalue weighted by molar-refractivity contribution is 6.37. The molecule has 0 atom stereocenters. The highest BCUT2D eigenvalue weighted by Crippen LogP contribution is 2.38. The Labute approximate surface area is 187 Å². The number of amides is 2. The summed E-state index contributed by atoms with van der Waals surface area (Å²) < 4.78 is 5.94. The number of halogens is 2. The summed E-state index contributed by atoms with van der Waals surface area (Å²) in [6, 6.07) is 10.0. The number of ether oxygens (including phenoxy) is 1. The summed E-state index contributed by atoms with van der Waals surface area (Å²) in [5, 5.41) is 3.58. The van der Waals surface area contributed by atoms with Crippen LogP contribution < -0.4 is 15.0 Å². The molecule has 1 aliphatic heterocycles. The molecular weight excluding hydrogens is 423 g/mol. The van der Waals surface area contributed by atoms with E-state index in [9.17, 15) is 9.59 Å². The molecule has 160 valence electrons. The molecular formula is C23H26Cl2N2O3. The second kappa shape index (κ2) is 8.86. The Bertz CT molecular complexity index is 973. The summed E-state index contributed by atoms with van der Waals surface area (Å²) in [4.78, 5) is 27.7. The van der Waals surface area contributed by atoms with Crippen molar-refractivity contribution in [2.75, 3.05) is 23.4 Å². The first-order valence-corrected chi connectivity index (χ1v) is 10.7. The third-order valence-corrected chi connectivity index (χ3v) is 5.57. The quantitative estimate of drug-likeness (QED) is 0.605. The van der Waals surface area contributed by atoms with Gasteiger partial charge in [-0.1, -0.05) is 37.0 Å². The molecule has 0 saturated heterocycles. The molecule has 1 aliphatic rings. The van der Waals surface area contributed by atoms with Gasteiger partial charge in [0.1, 0.15) is 12.4 Å². The van der Waals surface area contributed by atoms with Crippen LogP contribution in [0.5, 0.6) is 5.75 Å². The Balaban J connectivity index is 1.92.